The summed E-state index contributed by atoms with van der Waals surface area (Å²) >= 11 is 0. The highest BCUT2D eigenvalue weighted by Gasteiger charge is 2.48. The molecule has 4 saturated carbocycles. The number of hydrogen-bond acceptors (Lipinski definition) is 9. The maximum absolute atomic E-state index is 15.3. The van der Waals surface area contributed by atoms with E-state index in [-0.39, 0.29) is 82.7 Å². The molecule has 0 bridgehead atoms. The summed E-state index contributed by atoms with van der Waals surface area (Å²) in [6.07, 6.45) is 22.4. The van der Waals surface area contributed by atoms with Crippen molar-refractivity contribution in [3.63, 3.8) is 0 Å². The molecule has 4 aliphatic rings. The first-order valence-electron chi connectivity index (χ1n) is 27.6. The van der Waals surface area contributed by atoms with Crippen LogP contribution in [0, 0.1) is 40.9 Å². The fourth-order valence-corrected chi connectivity index (χ4v) is 13.2. The largest absolute Gasteiger partial charge is 0.465 e. The van der Waals surface area contributed by atoms with Gasteiger partial charge in [0.1, 0.15) is 5.60 Å². The quantitative estimate of drug-likeness (QED) is 0.0518. The maximum Gasteiger partial charge on any atom is 0.407 e. The van der Waals surface area contributed by atoms with Gasteiger partial charge in [-0.15, -0.1) is 0 Å². The van der Waals surface area contributed by atoms with E-state index in [0.717, 1.165) is 135 Å². The number of hydrogen-bond donors (Lipinski definition) is 4. The van der Waals surface area contributed by atoms with Crippen LogP contribution >= 0.6 is 0 Å². The lowest BCUT2D eigenvalue weighted by molar-refractivity contribution is -0.152. The van der Waals surface area contributed by atoms with Gasteiger partial charge in [0.05, 0.1) is 24.1 Å². The highest BCUT2D eigenvalue weighted by molar-refractivity contribution is 5.91. The molecule has 0 saturated heterocycles. The first-order chi connectivity index (χ1) is 31.5. The van der Waals surface area contributed by atoms with Gasteiger partial charge >= 0.3 is 12.1 Å². The highest BCUT2D eigenvalue weighted by Crippen LogP contribution is 2.42. The second-order valence-corrected chi connectivity index (χ2v) is 22.5. The molecule has 4 fully saturated rings. The van der Waals surface area contributed by atoms with Crippen molar-refractivity contribution in [2.75, 3.05) is 13.2 Å². The lowest BCUT2D eigenvalue weighted by Crippen LogP contribution is -2.62. The van der Waals surface area contributed by atoms with Crippen LogP contribution in [0.15, 0.2) is 0 Å². The number of esters is 1. The molecule has 4 aliphatic carbocycles. The Kier molecular flexibility index (Phi) is 22.9. The van der Waals surface area contributed by atoms with Crippen LogP contribution in [-0.4, -0.2) is 78.0 Å². The normalized spacial score (nSPS) is 26.8. The number of ether oxygens (including phenoxy) is 2. The van der Waals surface area contributed by atoms with Crippen LogP contribution in [0.2, 0.25) is 0 Å². The lowest BCUT2D eigenvalue weighted by atomic mass is 9.67. The molecule has 2 amide bonds. The summed E-state index contributed by atoms with van der Waals surface area (Å²) in [4.78, 5) is 70.1. The van der Waals surface area contributed by atoms with Gasteiger partial charge in [-0.2, -0.15) is 0 Å². The van der Waals surface area contributed by atoms with Gasteiger partial charge in [0.25, 0.3) is 0 Å². The van der Waals surface area contributed by atoms with Crippen molar-refractivity contribution in [3.8, 4) is 0 Å². The van der Waals surface area contributed by atoms with Gasteiger partial charge in [0.2, 0.25) is 5.91 Å². The third-order valence-corrected chi connectivity index (χ3v) is 16.9. The van der Waals surface area contributed by atoms with Crippen molar-refractivity contribution in [1.29, 1.82) is 0 Å². The molecule has 10 atom stereocenters. The molecule has 380 valence electrons. The first kappa shape index (κ1) is 56.1. The van der Waals surface area contributed by atoms with Gasteiger partial charge in [-0.25, -0.2) is 4.79 Å². The molecule has 0 heterocycles. The molecule has 0 aromatic heterocycles. The molecule has 66 heavy (non-hydrogen) atoms. The van der Waals surface area contributed by atoms with Crippen molar-refractivity contribution in [2.24, 2.45) is 40.9 Å². The summed E-state index contributed by atoms with van der Waals surface area (Å²) in [6, 6.07) is -0.302. The van der Waals surface area contributed by atoms with Crippen molar-refractivity contribution in [2.45, 2.75) is 265 Å². The molecule has 11 heteroatoms. The minimum atomic E-state index is -0.687. The van der Waals surface area contributed by atoms with E-state index in [1.165, 1.54) is 0 Å². The zero-order chi connectivity index (χ0) is 48.5. The van der Waals surface area contributed by atoms with Gasteiger partial charge < -0.3 is 30.7 Å². The molecular formula is C55H98N4O7. The fraction of sp³-hybridized carbons (Fsp3) is 0.909. The number of Topliss-reactive ketones (excluding diaryl/α,β-unsaturated/α-hetero) is 2. The predicted molar refractivity (Wildman–Crippen MR) is 266 cm³/mol. The smallest absolute Gasteiger partial charge is 0.407 e. The number of ketones is 2. The molecule has 1 unspecified atom stereocenters. The highest BCUT2D eigenvalue weighted by atomic mass is 16.6. The zero-order valence-electron chi connectivity index (χ0n) is 43.7. The van der Waals surface area contributed by atoms with Gasteiger partial charge in [-0.1, -0.05) is 106 Å². The van der Waals surface area contributed by atoms with Crippen molar-refractivity contribution >= 4 is 29.5 Å². The van der Waals surface area contributed by atoms with Gasteiger partial charge in [0, 0.05) is 42.9 Å². The van der Waals surface area contributed by atoms with Crippen LogP contribution in [0.3, 0.4) is 0 Å². The number of amides is 2. The summed E-state index contributed by atoms with van der Waals surface area (Å²) < 4.78 is 11.3. The number of alkyl carbamates (subject to hydrolysis) is 1. The summed E-state index contributed by atoms with van der Waals surface area (Å²) in [5, 5.41) is 14.3. The standard InChI is InChI=1S/C55H98N4O7/c1-11-17-35-65-51(63)41(14-4)44-29-21-24-32-47(44)59-55(15-5,16-6)50(62)40(13-3)43-28-20-22-30-45(43)57-38(7)49(61)39(12-2)42-27-19-23-31-46(42)58-48(60)36-54(33-25-18-26-34-54)37-56-52(64)66-53(8,9)10/h38-47,57,59H,11-37H2,1-10H3,(H,56,64)(H,58,60)/t38?,39-,40-,41-,42-,43-,44-,45-,46-,47-/m0/s1. The topological polar surface area (TPSA) is 152 Å². The number of nitrogens with one attached hydrogen (secondary N) is 4. The number of carbonyl (C=O) groups is 5. The Hall–Kier alpha value is -2.53. The maximum atomic E-state index is 15.3. The zero-order valence-corrected chi connectivity index (χ0v) is 43.7. The molecule has 4 N–H and O–H groups in total. The average molecular weight is 927 g/mol. The Labute approximate surface area is 402 Å². The van der Waals surface area contributed by atoms with Crippen LogP contribution in [0.4, 0.5) is 4.79 Å². The third kappa shape index (κ3) is 15.5. The Morgan fingerprint density at radius 3 is 1.73 bits per heavy atom. The van der Waals surface area contributed by atoms with Crippen LogP contribution in [-0.2, 0) is 28.7 Å². The van der Waals surface area contributed by atoms with Crippen LogP contribution in [0.1, 0.15) is 230 Å². The molecule has 0 aliphatic heterocycles. The SMILES string of the molecule is CCCCOC(=O)[C@@H](CC)[C@@H]1CCCC[C@@H]1NC(CC)(CC)C(=O)[C@@H](CC)[C@@H]1CCCC[C@@H]1NC(C)C(=O)[C@@H](CC)[C@@H]1CCCC[C@@H]1NC(=O)CC1(CNC(=O)OC(C)(C)C)CCCCC1. The van der Waals surface area contributed by atoms with E-state index in [9.17, 15) is 19.2 Å². The van der Waals surface area contributed by atoms with E-state index >= 15 is 4.79 Å². The summed E-state index contributed by atoms with van der Waals surface area (Å²) in [7, 11) is 0. The molecule has 0 aromatic rings. The second kappa shape index (κ2) is 27.0. The first-order valence-corrected chi connectivity index (χ1v) is 27.6. The fourth-order valence-electron chi connectivity index (χ4n) is 13.2. The summed E-state index contributed by atoms with van der Waals surface area (Å²) in [6.45, 7) is 21.3. The van der Waals surface area contributed by atoms with E-state index in [2.05, 4.69) is 62.8 Å². The third-order valence-electron chi connectivity index (χ3n) is 16.9. The van der Waals surface area contributed by atoms with Crippen molar-refractivity contribution < 1.29 is 33.4 Å². The Balaban J connectivity index is 1.46. The number of unbranched alkanes of at least 4 members (excludes halogenated alkanes) is 1. The molecule has 4 rings (SSSR count). The number of carbonyl (C=O) groups excluding carboxylic acids is 5. The lowest BCUT2D eigenvalue weighted by Gasteiger charge is -2.46. The number of rotatable bonds is 25. The van der Waals surface area contributed by atoms with Crippen LogP contribution in [0.25, 0.3) is 0 Å². The molecule has 11 nitrogen and oxygen atoms in total. The second-order valence-electron chi connectivity index (χ2n) is 22.5. The summed E-state index contributed by atoms with van der Waals surface area (Å²) in [5.74, 6) is 0.300. The average Bonchev–Trinajstić information content (AvgIpc) is 3.29. The summed E-state index contributed by atoms with van der Waals surface area (Å²) in [5.41, 5.74) is -1.58. The van der Waals surface area contributed by atoms with Crippen LogP contribution < -0.4 is 21.3 Å². The molecule has 0 spiro atoms. The molecular weight excluding hydrogens is 829 g/mol. The molecule has 0 aromatic carbocycles. The van der Waals surface area contributed by atoms with E-state index < -0.39 is 17.2 Å². The minimum absolute atomic E-state index is 0.0208. The van der Waals surface area contributed by atoms with E-state index in [0.29, 0.717) is 44.6 Å². The Bertz CT molecular complexity index is 1520. The predicted octanol–water partition coefficient (Wildman–Crippen LogP) is 11.3. The minimum Gasteiger partial charge on any atom is -0.465 e. The Morgan fingerprint density at radius 1 is 0.652 bits per heavy atom. The van der Waals surface area contributed by atoms with Crippen molar-refractivity contribution in [1.82, 2.24) is 21.3 Å². The Morgan fingerprint density at radius 2 is 1.18 bits per heavy atom. The molecule has 0 radical (unpaired) electrons. The van der Waals surface area contributed by atoms with Gasteiger partial charge in [-0.3, -0.25) is 19.2 Å². The monoisotopic (exact) mass is 927 g/mol. The van der Waals surface area contributed by atoms with E-state index in [4.69, 9.17) is 9.47 Å². The van der Waals surface area contributed by atoms with E-state index in [1.807, 2.05) is 27.7 Å². The van der Waals surface area contributed by atoms with Gasteiger partial charge in [-0.05, 0) is 141 Å². The van der Waals surface area contributed by atoms with Crippen molar-refractivity contribution in [3.05, 3.63) is 0 Å². The van der Waals surface area contributed by atoms with Gasteiger partial charge in [0.15, 0.2) is 11.6 Å². The van der Waals surface area contributed by atoms with Crippen LogP contribution in [0.5, 0.6) is 0 Å². The van der Waals surface area contributed by atoms with E-state index in [1.54, 1.807) is 0 Å².